The topological polar surface area (TPSA) is 61.8 Å². The minimum atomic E-state index is -0.483. The van der Waals surface area contributed by atoms with Crippen molar-refractivity contribution in [2.24, 2.45) is 5.41 Å². The Hall–Kier alpha value is -0.810. The molecule has 0 aromatic heterocycles. The number of hydrogen-bond acceptors (Lipinski definition) is 4. The van der Waals surface area contributed by atoms with Crippen molar-refractivity contribution >= 4 is 6.09 Å². The van der Waals surface area contributed by atoms with Gasteiger partial charge in [0, 0.05) is 37.2 Å². The van der Waals surface area contributed by atoms with Crippen molar-refractivity contribution in [1.82, 2.24) is 10.2 Å². The van der Waals surface area contributed by atoms with Crippen LogP contribution in [0.3, 0.4) is 0 Å². The lowest BCUT2D eigenvalue weighted by Gasteiger charge is -2.37. The number of ether oxygens (including phenoxy) is 1. The lowest BCUT2D eigenvalue weighted by molar-refractivity contribution is 0.00653. The maximum Gasteiger partial charge on any atom is 0.410 e. The predicted molar refractivity (Wildman–Crippen MR) is 84.3 cm³/mol. The molecule has 1 aliphatic carbocycles. The van der Waals surface area contributed by atoms with Crippen LogP contribution in [0.4, 0.5) is 4.79 Å². The van der Waals surface area contributed by atoms with Crippen molar-refractivity contribution in [2.75, 3.05) is 26.2 Å². The highest BCUT2D eigenvalue weighted by Crippen LogP contribution is 2.44. The highest BCUT2D eigenvalue weighted by atomic mass is 16.6. The molecule has 1 aliphatic rings. The quantitative estimate of drug-likeness (QED) is 0.739. The Balaban J connectivity index is 2.45. The Kier molecular flexibility index (Phi) is 5.67. The molecule has 0 aliphatic heterocycles. The van der Waals surface area contributed by atoms with E-state index in [1.54, 1.807) is 4.90 Å². The van der Waals surface area contributed by atoms with Gasteiger partial charge in [0.1, 0.15) is 5.60 Å². The molecule has 5 heteroatoms. The summed E-state index contributed by atoms with van der Waals surface area (Å²) in [4.78, 5) is 14.1. The van der Waals surface area contributed by atoms with Gasteiger partial charge in [-0.25, -0.2) is 4.79 Å². The first-order valence-electron chi connectivity index (χ1n) is 7.81. The number of aliphatic hydroxyl groups is 1. The average molecular weight is 300 g/mol. The Bertz CT molecular complexity index is 352. The molecule has 5 nitrogen and oxygen atoms in total. The summed E-state index contributed by atoms with van der Waals surface area (Å²) in [6.07, 6.45) is 1.90. The average Bonchev–Trinajstić information content (AvgIpc) is 3.05. The van der Waals surface area contributed by atoms with Crippen LogP contribution >= 0.6 is 0 Å². The third-order valence-electron chi connectivity index (χ3n) is 3.73. The minimum Gasteiger partial charge on any atom is -0.444 e. The highest BCUT2D eigenvalue weighted by Gasteiger charge is 2.41. The Morgan fingerprint density at radius 1 is 1.24 bits per heavy atom. The molecule has 124 valence electrons. The third-order valence-corrected chi connectivity index (χ3v) is 3.73. The third kappa shape index (κ3) is 6.22. The van der Waals surface area contributed by atoms with E-state index < -0.39 is 5.60 Å². The van der Waals surface area contributed by atoms with E-state index in [0.717, 1.165) is 19.4 Å². The fraction of sp³-hybridized carbons (Fsp3) is 0.938. The zero-order valence-corrected chi connectivity index (χ0v) is 14.5. The van der Waals surface area contributed by atoms with Gasteiger partial charge in [-0.15, -0.1) is 0 Å². The zero-order valence-electron chi connectivity index (χ0n) is 14.5. The number of rotatable bonds is 6. The molecule has 0 aromatic rings. The van der Waals surface area contributed by atoms with Crippen LogP contribution < -0.4 is 5.32 Å². The van der Waals surface area contributed by atoms with Crippen LogP contribution in [0.1, 0.15) is 54.4 Å². The number of nitrogens with zero attached hydrogens (tertiary/aromatic N) is 1. The maximum absolute atomic E-state index is 12.3. The van der Waals surface area contributed by atoms with E-state index in [0.29, 0.717) is 13.1 Å². The second-order valence-electron chi connectivity index (χ2n) is 8.14. The van der Waals surface area contributed by atoms with Crippen LogP contribution in [-0.4, -0.2) is 53.5 Å². The molecule has 1 fully saturated rings. The van der Waals surface area contributed by atoms with Gasteiger partial charge in [-0.2, -0.15) is 0 Å². The molecule has 0 bridgehead atoms. The molecule has 0 spiro atoms. The Morgan fingerprint density at radius 2 is 1.81 bits per heavy atom. The Labute approximate surface area is 129 Å². The number of carbonyl (C=O) groups is 1. The lowest BCUT2D eigenvalue weighted by Crippen LogP contribution is -2.50. The van der Waals surface area contributed by atoms with Gasteiger partial charge in [-0.1, -0.05) is 0 Å². The summed E-state index contributed by atoms with van der Waals surface area (Å²) in [5, 5.41) is 12.6. The normalized spacial score (nSPS) is 17.5. The van der Waals surface area contributed by atoms with Crippen LogP contribution in [-0.2, 0) is 4.74 Å². The molecule has 0 radical (unpaired) electrons. The molecular formula is C16H32N2O3. The fourth-order valence-electron chi connectivity index (χ4n) is 2.13. The summed E-state index contributed by atoms with van der Waals surface area (Å²) in [6.45, 7) is 14.0. The van der Waals surface area contributed by atoms with Crippen LogP contribution in [0.25, 0.3) is 0 Å². The van der Waals surface area contributed by atoms with Gasteiger partial charge < -0.3 is 20.1 Å². The van der Waals surface area contributed by atoms with Gasteiger partial charge in [0.25, 0.3) is 0 Å². The first-order chi connectivity index (χ1) is 9.49. The lowest BCUT2D eigenvalue weighted by atomic mass is 10.1. The summed E-state index contributed by atoms with van der Waals surface area (Å²) in [7, 11) is 0. The summed E-state index contributed by atoms with van der Waals surface area (Å²) >= 11 is 0. The van der Waals surface area contributed by atoms with Gasteiger partial charge in [0.15, 0.2) is 0 Å². The number of carbonyl (C=O) groups excluding carboxylic acids is 1. The first-order valence-corrected chi connectivity index (χ1v) is 7.81. The zero-order chi connectivity index (χ0) is 16.3. The molecule has 2 N–H and O–H groups in total. The largest absolute Gasteiger partial charge is 0.444 e. The van der Waals surface area contributed by atoms with E-state index >= 15 is 0 Å². The molecule has 0 atom stereocenters. The van der Waals surface area contributed by atoms with E-state index in [1.165, 1.54) is 0 Å². The van der Waals surface area contributed by atoms with Crippen molar-refractivity contribution < 1.29 is 14.6 Å². The summed E-state index contributed by atoms with van der Waals surface area (Å²) in [5.74, 6) is 0. The van der Waals surface area contributed by atoms with Gasteiger partial charge in [-0.05, 0) is 54.4 Å². The van der Waals surface area contributed by atoms with Crippen LogP contribution in [0.2, 0.25) is 0 Å². The highest BCUT2D eigenvalue weighted by molar-refractivity contribution is 5.69. The van der Waals surface area contributed by atoms with Crippen molar-refractivity contribution in [3.05, 3.63) is 0 Å². The molecule has 0 unspecified atom stereocenters. The molecule has 0 heterocycles. The van der Waals surface area contributed by atoms with E-state index in [1.807, 2.05) is 41.5 Å². The van der Waals surface area contributed by atoms with E-state index in [9.17, 15) is 9.90 Å². The van der Waals surface area contributed by atoms with Gasteiger partial charge in [-0.3, -0.25) is 0 Å². The SMILES string of the molecule is CC(C)(C)OC(=O)N(CCNCC1(CO)CC1)C(C)(C)C. The number of amides is 1. The molecule has 1 amide bonds. The van der Waals surface area contributed by atoms with Crippen molar-refractivity contribution in [2.45, 2.75) is 65.5 Å². The van der Waals surface area contributed by atoms with Crippen LogP contribution in [0, 0.1) is 5.41 Å². The number of nitrogens with one attached hydrogen (secondary N) is 1. The number of aliphatic hydroxyl groups excluding tert-OH is 1. The predicted octanol–water partition coefficient (Wildman–Crippen LogP) is 2.38. The summed E-state index contributed by atoms with van der Waals surface area (Å²) in [6, 6.07) is 0. The van der Waals surface area contributed by atoms with Crippen molar-refractivity contribution in [3.63, 3.8) is 0 Å². The molecule has 1 rings (SSSR count). The van der Waals surface area contributed by atoms with Gasteiger partial charge in [0.05, 0.1) is 0 Å². The molecular weight excluding hydrogens is 268 g/mol. The second kappa shape index (κ2) is 6.53. The fourth-order valence-corrected chi connectivity index (χ4v) is 2.13. The minimum absolute atomic E-state index is 0.0957. The number of hydrogen-bond donors (Lipinski definition) is 2. The van der Waals surface area contributed by atoms with Crippen molar-refractivity contribution in [3.8, 4) is 0 Å². The second-order valence-corrected chi connectivity index (χ2v) is 8.14. The van der Waals surface area contributed by atoms with Crippen molar-refractivity contribution in [1.29, 1.82) is 0 Å². The summed E-state index contributed by atoms with van der Waals surface area (Å²) < 4.78 is 5.48. The first kappa shape index (κ1) is 18.2. The van der Waals surface area contributed by atoms with Crippen LogP contribution in [0.15, 0.2) is 0 Å². The van der Waals surface area contributed by atoms with E-state index in [-0.39, 0.29) is 23.7 Å². The standard InChI is InChI=1S/C16H32N2O3/c1-14(2,3)18(13(20)21-15(4,5)6)10-9-17-11-16(12-19)7-8-16/h17,19H,7-12H2,1-6H3. The maximum atomic E-state index is 12.3. The van der Waals surface area contributed by atoms with Gasteiger partial charge >= 0.3 is 6.09 Å². The molecule has 21 heavy (non-hydrogen) atoms. The van der Waals surface area contributed by atoms with E-state index in [2.05, 4.69) is 5.32 Å². The molecule has 1 saturated carbocycles. The monoisotopic (exact) mass is 300 g/mol. The summed E-state index contributed by atoms with van der Waals surface area (Å²) in [5.41, 5.74) is -0.667. The Morgan fingerprint density at radius 3 is 2.19 bits per heavy atom. The van der Waals surface area contributed by atoms with E-state index in [4.69, 9.17) is 4.74 Å². The molecule has 0 aromatic carbocycles. The smallest absolute Gasteiger partial charge is 0.410 e. The molecule has 0 saturated heterocycles. The van der Waals surface area contributed by atoms with Gasteiger partial charge in [0.2, 0.25) is 0 Å². The van der Waals surface area contributed by atoms with Crippen LogP contribution in [0.5, 0.6) is 0 Å².